The van der Waals surface area contributed by atoms with E-state index in [0.717, 1.165) is 36.2 Å². The minimum atomic E-state index is -0.0307. The van der Waals surface area contributed by atoms with E-state index in [0.29, 0.717) is 34.7 Å². The standard InChI is InChI=1S/C23H23N7O2/c1-29-20(23-26-16-10-7-14(22(24)25)12-17(16)27-23)21(32)19(28-29)13-5-8-15(9-6-13)30-11-3-2-4-18(30)31/h5-10,12,32H,2-4,11H2,1H3,(H3,24,25)(H,26,27). The molecular weight excluding hydrogens is 406 g/mol. The minimum absolute atomic E-state index is 0.0140. The lowest BCUT2D eigenvalue weighted by Crippen LogP contribution is -2.35. The fourth-order valence-electron chi connectivity index (χ4n) is 4.14. The van der Waals surface area contributed by atoms with Crippen LogP contribution in [-0.2, 0) is 11.8 Å². The summed E-state index contributed by atoms with van der Waals surface area (Å²) in [6, 6.07) is 12.8. The number of aromatic amines is 1. The summed E-state index contributed by atoms with van der Waals surface area (Å²) < 4.78 is 1.58. The summed E-state index contributed by atoms with van der Waals surface area (Å²) in [6.07, 6.45) is 2.52. The van der Waals surface area contributed by atoms with Crippen LogP contribution in [0.25, 0.3) is 33.8 Å². The van der Waals surface area contributed by atoms with Crippen LogP contribution >= 0.6 is 0 Å². The lowest BCUT2D eigenvalue weighted by Gasteiger charge is -2.26. The average Bonchev–Trinajstić information content (AvgIpc) is 3.33. The summed E-state index contributed by atoms with van der Waals surface area (Å²) >= 11 is 0. The Hall–Kier alpha value is -4.14. The number of amidine groups is 1. The van der Waals surface area contributed by atoms with Gasteiger partial charge in [0, 0.05) is 36.8 Å². The van der Waals surface area contributed by atoms with Crippen molar-refractivity contribution in [3.63, 3.8) is 0 Å². The van der Waals surface area contributed by atoms with Gasteiger partial charge in [-0.1, -0.05) is 12.1 Å². The first-order valence-electron chi connectivity index (χ1n) is 10.4. The normalized spacial score (nSPS) is 14.3. The average molecular weight is 429 g/mol. The summed E-state index contributed by atoms with van der Waals surface area (Å²) in [6.45, 7) is 0.731. The van der Waals surface area contributed by atoms with Crippen LogP contribution < -0.4 is 10.6 Å². The Labute approximate surface area is 184 Å². The van der Waals surface area contributed by atoms with E-state index < -0.39 is 0 Å². The van der Waals surface area contributed by atoms with Gasteiger partial charge in [-0.2, -0.15) is 5.10 Å². The molecule has 0 saturated carbocycles. The molecule has 5 rings (SSSR count). The number of aromatic nitrogens is 4. The maximum Gasteiger partial charge on any atom is 0.226 e. The van der Waals surface area contributed by atoms with Crippen molar-refractivity contribution in [1.82, 2.24) is 19.7 Å². The molecule has 0 unspecified atom stereocenters. The van der Waals surface area contributed by atoms with Gasteiger partial charge in [0.1, 0.15) is 17.2 Å². The second-order valence-electron chi connectivity index (χ2n) is 7.95. The Bertz CT molecular complexity index is 1350. The molecule has 0 atom stereocenters. The SMILES string of the molecule is Cn1nc(-c2ccc(N3CCCCC3=O)cc2)c(O)c1-c1nc2cc(C(=N)N)ccc2[nH]1. The lowest BCUT2D eigenvalue weighted by atomic mass is 10.1. The highest BCUT2D eigenvalue weighted by Crippen LogP contribution is 2.37. The van der Waals surface area contributed by atoms with Gasteiger partial charge in [-0.15, -0.1) is 0 Å². The zero-order valence-electron chi connectivity index (χ0n) is 17.6. The number of imidazole rings is 1. The smallest absolute Gasteiger partial charge is 0.226 e. The number of carbonyl (C=O) groups is 1. The molecule has 1 saturated heterocycles. The molecule has 2 aromatic heterocycles. The number of carbonyl (C=O) groups excluding carboxylic acids is 1. The predicted octanol–water partition coefficient (Wildman–Crippen LogP) is 3.14. The molecule has 0 bridgehead atoms. The van der Waals surface area contributed by atoms with Crippen LogP contribution in [0.2, 0.25) is 0 Å². The Morgan fingerprint density at radius 3 is 2.69 bits per heavy atom. The molecule has 9 nitrogen and oxygen atoms in total. The van der Waals surface area contributed by atoms with E-state index in [4.69, 9.17) is 11.1 Å². The number of amides is 1. The Balaban J connectivity index is 1.50. The number of nitrogen functional groups attached to an aromatic ring is 1. The second-order valence-corrected chi connectivity index (χ2v) is 7.95. The first-order valence-corrected chi connectivity index (χ1v) is 10.4. The van der Waals surface area contributed by atoms with E-state index >= 15 is 0 Å². The number of hydrogen-bond acceptors (Lipinski definition) is 5. The third-order valence-electron chi connectivity index (χ3n) is 5.82. The number of piperidine rings is 1. The minimum Gasteiger partial charge on any atom is -0.504 e. The number of H-pyrrole nitrogens is 1. The van der Waals surface area contributed by atoms with Gasteiger partial charge in [0.2, 0.25) is 5.91 Å². The van der Waals surface area contributed by atoms with Gasteiger partial charge in [0.05, 0.1) is 11.0 Å². The first-order chi connectivity index (χ1) is 15.4. The number of benzene rings is 2. The molecule has 9 heteroatoms. The van der Waals surface area contributed by atoms with Gasteiger partial charge >= 0.3 is 0 Å². The van der Waals surface area contributed by atoms with Gasteiger partial charge in [0.25, 0.3) is 0 Å². The zero-order valence-corrected chi connectivity index (χ0v) is 17.6. The number of nitrogens with zero attached hydrogens (tertiary/aromatic N) is 4. The molecule has 162 valence electrons. The molecule has 0 spiro atoms. The predicted molar refractivity (Wildman–Crippen MR) is 123 cm³/mol. The number of aryl methyl sites for hydroxylation is 1. The number of rotatable bonds is 4. The fourth-order valence-corrected chi connectivity index (χ4v) is 4.14. The molecule has 1 amide bonds. The number of hydrogen-bond donors (Lipinski definition) is 4. The fraction of sp³-hybridized carbons (Fsp3) is 0.217. The Morgan fingerprint density at radius 2 is 1.97 bits per heavy atom. The van der Waals surface area contributed by atoms with Crippen LogP contribution in [0.3, 0.4) is 0 Å². The molecular formula is C23H23N7O2. The molecule has 32 heavy (non-hydrogen) atoms. The van der Waals surface area contributed by atoms with Crippen LogP contribution in [0.5, 0.6) is 5.75 Å². The van der Waals surface area contributed by atoms with Crippen LogP contribution in [-0.4, -0.2) is 43.1 Å². The number of nitrogens with two attached hydrogens (primary N) is 1. The molecule has 2 aromatic carbocycles. The topological polar surface area (TPSA) is 137 Å². The number of fused-ring (bicyclic) bond motifs is 1. The molecule has 1 fully saturated rings. The first kappa shape index (κ1) is 19.8. The third kappa shape index (κ3) is 3.27. The number of nitrogens with one attached hydrogen (secondary N) is 2. The third-order valence-corrected chi connectivity index (χ3v) is 5.82. The molecule has 1 aliphatic rings. The van der Waals surface area contributed by atoms with Crippen molar-refractivity contribution in [2.75, 3.05) is 11.4 Å². The monoisotopic (exact) mass is 429 g/mol. The maximum absolute atomic E-state index is 12.2. The molecule has 5 N–H and O–H groups in total. The van der Waals surface area contributed by atoms with Gasteiger partial charge < -0.3 is 20.7 Å². The summed E-state index contributed by atoms with van der Waals surface area (Å²) in [4.78, 5) is 21.7. The molecule has 3 heterocycles. The largest absolute Gasteiger partial charge is 0.504 e. The summed E-state index contributed by atoms with van der Waals surface area (Å²) in [5.74, 6) is 0.594. The van der Waals surface area contributed by atoms with Crippen molar-refractivity contribution < 1.29 is 9.90 Å². The van der Waals surface area contributed by atoms with Gasteiger partial charge in [-0.3, -0.25) is 14.9 Å². The lowest BCUT2D eigenvalue weighted by molar-refractivity contribution is -0.119. The zero-order chi connectivity index (χ0) is 22.4. The Morgan fingerprint density at radius 1 is 1.19 bits per heavy atom. The van der Waals surface area contributed by atoms with E-state index in [1.165, 1.54) is 0 Å². The quantitative estimate of drug-likeness (QED) is 0.292. The van der Waals surface area contributed by atoms with Crippen molar-refractivity contribution in [1.29, 1.82) is 5.41 Å². The van der Waals surface area contributed by atoms with Gasteiger partial charge in [-0.05, 0) is 43.2 Å². The van der Waals surface area contributed by atoms with Gasteiger partial charge in [0.15, 0.2) is 11.6 Å². The van der Waals surface area contributed by atoms with Crippen LogP contribution in [0.4, 0.5) is 5.69 Å². The Kier molecular flexibility index (Phi) is 4.66. The van der Waals surface area contributed by atoms with Crippen molar-refractivity contribution in [2.24, 2.45) is 12.8 Å². The van der Waals surface area contributed by atoms with Crippen LogP contribution in [0, 0.1) is 5.41 Å². The second kappa shape index (κ2) is 7.52. The van der Waals surface area contributed by atoms with Crippen LogP contribution in [0.1, 0.15) is 24.8 Å². The van der Waals surface area contributed by atoms with Crippen LogP contribution in [0.15, 0.2) is 42.5 Å². The highest BCUT2D eigenvalue weighted by atomic mass is 16.3. The van der Waals surface area contributed by atoms with E-state index in [1.807, 2.05) is 24.3 Å². The van der Waals surface area contributed by atoms with Gasteiger partial charge in [-0.25, -0.2) is 4.98 Å². The van der Waals surface area contributed by atoms with Crippen molar-refractivity contribution >= 4 is 28.5 Å². The summed E-state index contributed by atoms with van der Waals surface area (Å²) in [7, 11) is 1.74. The summed E-state index contributed by atoms with van der Waals surface area (Å²) in [5.41, 5.74) is 10.1. The molecule has 1 aliphatic heterocycles. The maximum atomic E-state index is 12.2. The number of anilines is 1. The molecule has 0 radical (unpaired) electrons. The van der Waals surface area contributed by atoms with E-state index in [1.54, 1.807) is 34.8 Å². The highest BCUT2D eigenvalue weighted by molar-refractivity contribution is 5.98. The van der Waals surface area contributed by atoms with E-state index in [9.17, 15) is 9.90 Å². The summed E-state index contributed by atoms with van der Waals surface area (Å²) in [5, 5.41) is 23.1. The highest BCUT2D eigenvalue weighted by Gasteiger charge is 2.23. The number of aromatic hydroxyl groups is 1. The van der Waals surface area contributed by atoms with E-state index in [2.05, 4.69) is 15.1 Å². The van der Waals surface area contributed by atoms with Crippen molar-refractivity contribution in [3.05, 3.63) is 48.0 Å². The molecule has 0 aliphatic carbocycles. The van der Waals surface area contributed by atoms with E-state index in [-0.39, 0.29) is 17.5 Å². The van der Waals surface area contributed by atoms with Crippen molar-refractivity contribution in [2.45, 2.75) is 19.3 Å². The molecule has 4 aromatic rings. The van der Waals surface area contributed by atoms with Crippen molar-refractivity contribution in [3.8, 4) is 28.5 Å².